The van der Waals surface area contributed by atoms with Gasteiger partial charge in [-0.25, -0.2) is 8.42 Å². The first-order valence-electron chi connectivity index (χ1n) is 8.82. The summed E-state index contributed by atoms with van der Waals surface area (Å²) in [5.74, 6) is -0.269. The first kappa shape index (κ1) is 20.0. The zero-order valence-electron chi connectivity index (χ0n) is 16.0. The van der Waals surface area contributed by atoms with E-state index in [-0.39, 0.29) is 10.8 Å². The number of anilines is 1. The van der Waals surface area contributed by atoms with Crippen LogP contribution in [0.3, 0.4) is 0 Å². The van der Waals surface area contributed by atoms with E-state index >= 15 is 0 Å². The fourth-order valence-electron chi connectivity index (χ4n) is 2.98. The van der Waals surface area contributed by atoms with Gasteiger partial charge in [-0.15, -0.1) is 0 Å². The van der Waals surface area contributed by atoms with Crippen LogP contribution in [-0.2, 0) is 14.9 Å². The molecule has 0 fully saturated rings. The van der Waals surface area contributed by atoms with Crippen LogP contribution in [-0.4, -0.2) is 39.5 Å². The topological polar surface area (TPSA) is 66.9 Å². The van der Waals surface area contributed by atoms with Crippen LogP contribution in [0, 0.1) is 0 Å². The van der Waals surface area contributed by atoms with Crippen molar-refractivity contribution in [2.75, 3.05) is 25.6 Å². The number of carbonyl (C=O) groups excluding carboxylic acids is 1. The van der Waals surface area contributed by atoms with E-state index in [2.05, 4.69) is 0 Å². The minimum absolute atomic E-state index is 0.00253. The van der Waals surface area contributed by atoms with Gasteiger partial charge in [0.15, 0.2) is 0 Å². The Morgan fingerprint density at radius 3 is 2.36 bits per heavy atom. The first-order valence-corrected chi connectivity index (χ1v) is 10.3. The van der Waals surface area contributed by atoms with Crippen molar-refractivity contribution in [3.8, 4) is 0 Å². The van der Waals surface area contributed by atoms with Gasteiger partial charge in [0.25, 0.3) is 15.9 Å². The van der Waals surface area contributed by atoms with Gasteiger partial charge in [0.1, 0.15) is 0 Å². The van der Waals surface area contributed by atoms with Crippen LogP contribution in [0.1, 0.15) is 17.3 Å². The monoisotopic (exact) mass is 398 g/mol. The molecular weight excluding hydrogens is 376 g/mol. The van der Waals surface area contributed by atoms with Gasteiger partial charge in [-0.2, -0.15) is 0 Å². The molecule has 0 aliphatic carbocycles. The van der Waals surface area contributed by atoms with Crippen LogP contribution in [0.5, 0.6) is 0 Å². The summed E-state index contributed by atoms with van der Waals surface area (Å²) in [7, 11) is -1.26. The van der Waals surface area contributed by atoms with Crippen LogP contribution < -0.4 is 4.90 Å². The highest BCUT2D eigenvalue weighted by Gasteiger charge is 2.23. The molecule has 3 rings (SSSR count). The molecule has 0 saturated carbocycles. The maximum absolute atomic E-state index is 13.1. The summed E-state index contributed by atoms with van der Waals surface area (Å²) in [6, 6.07) is 19.7. The Morgan fingerprint density at radius 1 is 0.964 bits per heavy atom. The maximum atomic E-state index is 13.1. The second kappa shape index (κ2) is 8.10. The fraction of sp³-hybridized carbons (Fsp3) is 0.190. The van der Waals surface area contributed by atoms with Gasteiger partial charge < -0.3 is 4.90 Å². The molecule has 0 heterocycles. The molecule has 0 N–H and O–H groups in total. The molecule has 0 radical (unpaired) electrons. The summed E-state index contributed by atoms with van der Waals surface area (Å²) < 4.78 is 25.7. The average molecular weight is 398 g/mol. The van der Waals surface area contributed by atoms with Crippen molar-refractivity contribution in [2.45, 2.75) is 11.8 Å². The van der Waals surface area contributed by atoms with E-state index in [1.54, 1.807) is 17.0 Å². The highest BCUT2D eigenvalue weighted by molar-refractivity contribution is 7.89. The van der Waals surface area contributed by atoms with Gasteiger partial charge in [0, 0.05) is 24.8 Å². The third-order valence-corrected chi connectivity index (χ3v) is 6.26. The molecule has 0 aliphatic heterocycles. The van der Waals surface area contributed by atoms with Crippen LogP contribution in [0.15, 0.2) is 71.6 Å². The lowest BCUT2D eigenvalue weighted by Crippen LogP contribution is -2.31. The summed E-state index contributed by atoms with van der Waals surface area (Å²) in [5.41, 5.74) is 1.05. The molecule has 3 aromatic rings. The van der Waals surface area contributed by atoms with E-state index in [0.717, 1.165) is 20.9 Å². The molecular formula is C21H22N2O4S. The van der Waals surface area contributed by atoms with Crippen molar-refractivity contribution in [2.24, 2.45) is 0 Å². The standard InChI is InChI=1S/C21H22N2O4S/c1-4-23(19-13-12-16-8-5-6-9-17(16)14-19)21(24)18-10-7-11-20(15-18)28(25,26)22(2)27-3/h5-15H,4H2,1-3H3. The number of hydroxylamine groups is 1. The molecule has 28 heavy (non-hydrogen) atoms. The second-order valence-electron chi connectivity index (χ2n) is 6.21. The van der Waals surface area contributed by atoms with Crippen molar-refractivity contribution in [3.63, 3.8) is 0 Å². The molecule has 0 unspecified atom stereocenters. The molecule has 146 valence electrons. The Hall–Kier alpha value is -2.74. The summed E-state index contributed by atoms with van der Waals surface area (Å²) in [6.45, 7) is 2.33. The quantitative estimate of drug-likeness (QED) is 0.594. The highest BCUT2D eigenvalue weighted by atomic mass is 32.2. The molecule has 3 aromatic carbocycles. The maximum Gasteiger partial charge on any atom is 0.264 e. The second-order valence-corrected chi connectivity index (χ2v) is 8.14. The van der Waals surface area contributed by atoms with Crippen molar-refractivity contribution in [3.05, 3.63) is 72.3 Å². The Bertz CT molecular complexity index is 1110. The lowest BCUT2D eigenvalue weighted by atomic mass is 10.1. The number of sulfonamides is 1. The van der Waals surface area contributed by atoms with Crippen molar-refractivity contribution >= 4 is 32.4 Å². The Kier molecular flexibility index (Phi) is 5.79. The number of benzene rings is 3. The number of hydrogen-bond donors (Lipinski definition) is 0. The van der Waals surface area contributed by atoms with Crippen LogP contribution in [0.4, 0.5) is 5.69 Å². The van der Waals surface area contributed by atoms with E-state index in [1.807, 2.05) is 49.4 Å². The Morgan fingerprint density at radius 2 is 1.68 bits per heavy atom. The first-order chi connectivity index (χ1) is 13.4. The molecule has 1 amide bonds. The number of amides is 1. The minimum atomic E-state index is -3.83. The lowest BCUT2D eigenvalue weighted by molar-refractivity contribution is -0.0258. The van der Waals surface area contributed by atoms with Gasteiger partial charge >= 0.3 is 0 Å². The number of fused-ring (bicyclic) bond motifs is 1. The normalized spacial score (nSPS) is 11.7. The van der Waals surface area contributed by atoms with Gasteiger partial charge in [0.05, 0.1) is 12.0 Å². The largest absolute Gasteiger partial charge is 0.309 e. The van der Waals surface area contributed by atoms with E-state index < -0.39 is 10.0 Å². The van der Waals surface area contributed by atoms with Gasteiger partial charge in [-0.1, -0.05) is 40.9 Å². The minimum Gasteiger partial charge on any atom is -0.309 e. The Labute approximate surface area is 165 Å². The molecule has 0 aromatic heterocycles. The summed E-state index contributed by atoms with van der Waals surface area (Å²) in [6.07, 6.45) is 0. The summed E-state index contributed by atoms with van der Waals surface area (Å²) in [5, 5.41) is 2.12. The van der Waals surface area contributed by atoms with E-state index in [1.165, 1.54) is 26.3 Å². The summed E-state index contributed by atoms with van der Waals surface area (Å²) in [4.78, 5) is 19.5. The van der Waals surface area contributed by atoms with E-state index in [9.17, 15) is 13.2 Å². The number of hydrogen-bond acceptors (Lipinski definition) is 4. The van der Waals surface area contributed by atoms with Gasteiger partial charge in [-0.05, 0) is 48.0 Å². The van der Waals surface area contributed by atoms with Gasteiger partial charge in [0.2, 0.25) is 0 Å². The summed E-state index contributed by atoms with van der Waals surface area (Å²) >= 11 is 0. The lowest BCUT2D eigenvalue weighted by Gasteiger charge is -2.22. The third-order valence-electron chi connectivity index (χ3n) is 4.58. The SMILES string of the molecule is CCN(C(=O)c1cccc(S(=O)(=O)N(C)OC)c1)c1ccc2ccccc2c1. The van der Waals surface area contributed by atoms with E-state index in [4.69, 9.17) is 4.84 Å². The van der Waals surface area contributed by atoms with Crippen molar-refractivity contribution in [1.82, 2.24) is 4.47 Å². The predicted molar refractivity (Wildman–Crippen MR) is 110 cm³/mol. The zero-order valence-corrected chi connectivity index (χ0v) is 16.8. The van der Waals surface area contributed by atoms with Crippen LogP contribution in [0.25, 0.3) is 10.8 Å². The highest BCUT2D eigenvalue weighted by Crippen LogP contribution is 2.24. The van der Waals surface area contributed by atoms with Crippen LogP contribution >= 0.6 is 0 Å². The molecule has 0 bridgehead atoms. The molecule has 0 atom stereocenters. The predicted octanol–water partition coefficient (Wildman–Crippen LogP) is 3.69. The molecule has 7 heteroatoms. The average Bonchev–Trinajstić information content (AvgIpc) is 2.73. The number of carbonyl (C=O) groups is 1. The van der Waals surface area contributed by atoms with Crippen molar-refractivity contribution < 1.29 is 18.0 Å². The molecule has 6 nitrogen and oxygen atoms in total. The van der Waals surface area contributed by atoms with Gasteiger partial charge in [-0.3, -0.25) is 9.63 Å². The van der Waals surface area contributed by atoms with Crippen molar-refractivity contribution in [1.29, 1.82) is 0 Å². The van der Waals surface area contributed by atoms with E-state index in [0.29, 0.717) is 12.1 Å². The molecule has 0 spiro atoms. The smallest absolute Gasteiger partial charge is 0.264 e. The fourth-order valence-corrected chi connectivity index (χ4v) is 4.00. The number of rotatable bonds is 6. The van der Waals surface area contributed by atoms with Crippen LogP contribution in [0.2, 0.25) is 0 Å². The third kappa shape index (κ3) is 3.77. The molecule has 0 saturated heterocycles. The zero-order chi connectivity index (χ0) is 20.3. The number of nitrogens with zero attached hydrogens (tertiary/aromatic N) is 2. The Balaban J connectivity index is 1.98. The molecule has 0 aliphatic rings.